The number of anilines is 1. The van der Waals surface area contributed by atoms with Crippen LogP contribution in [0.5, 0.6) is 0 Å². The number of ether oxygens (including phenoxy) is 1. The van der Waals surface area contributed by atoms with E-state index in [4.69, 9.17) is 4.74 Å². The van der Waals surface area contributed by atoms with Gasteiger partial charge in [0.05, 0.1) is 12.6 Å². The Hall–Kier alpha value is -2.25. The highest BCUT2D eigenvalue weighted by molar-refractivity contribution is 7.14. The van der Waals surface area contributed by atoms with E-state index in [1.165, 1.54) is 18.3 Å². The normalized spacial score (nSPS) is 20.7. The minimum Gasteiger partial charge on any atom is -0.367 e. The summed E-state index contributed by atoms with van der Waals surface area (Å²) in [4.78, 5) is 29.8. The number of carbonyl (C=O) groups is 2. The molecule has 0 saturated carbocycles. The molecule has 0 radical (unpaired) electrons. The van der Waals surface area contributed by atoms with E-state index in [-0.39, 0.29) is 24.0 Å². The van der Waals surface area contributed by atoms with Crippen LogP contribution in [0, 0.1) is 0 Å². The third-order valence-corrected chi connectivity index (χ3v) is 4.48. The summed E-state index contributed by atoms with van der Waals surface area (Å²) in [7, 11) is 0. The Morgan fingerprint density at radius 1 is 1.29 bits per heavy atom. The van der Waals surface area contributed by atoms with Crippen LogP contribution in [0.3, 0.4) is 0 Å². The predicted molar refractivity (Wildman–Crippen MR) is 92.1 cm³/mol. The molecule has 6 nitrogen and oxygen atoms in total. The number of nitrogens with one attached hydrogen (secondary N) is 1. The number of hydrogen-bond acceptors (Lipinski definition) is 5. The largest absolute Gasteiger partial charge is 0.367 e. The van der Waals surface area contributed by atoms with Crippen molar-refractivity contribution in [2.75, 3.05) is 18.4 Å². The van der Waals surface area contributed by atoms with E-state index in [0.29, 0.717) is 23.9 Å². The summed E-state index contributed by atoms with van der Waals surface area (Å²) in [5.74, 6) is -0.341. The van der Waals surface area contributed by atoms with Crippen LogP contribution in [0.15, 0.2) is 35.7 Å². The topological polar surface area (TPSA) is 71.5 Å². The summed E-state index contributed by atoms with van der Waals surface area (Å²) in [5, 5.41) is 4.71. The van der Waals surface area contributed by atoms with Crippen molar-refractivity contribution in [3.63, 3.8) is 0 Å². The molecular formula is C17H19N3O3S. The van der Waals surface area contributed by atoms with E-state index in [9.17, 15) is 9.59 Å². The van der Waals surface area contributed by atoms with Crippen molar-refractivity contribution in [2.24, 2.45) is 0 Å². The third kappa shape index (κ3) is 3.80. The molecule has 0 spiro atoms. The fraction of sp³-hybridized carbons (Fsp3) is 0.353. The molecule has 1 aliphatic heterocycles. The molecule has 1 fully saturated rings. The van der Waals surface area contributed by atoms with Gasteiger partial charge in [0.25, 0.3) is 5.91 Å². The predicted octanol–water partition coefficient (Wildman–Crippen LogP) is 2.70. The average Bonchev–Trinajstić information content (AvgIpc) is 3.02. The number of benzene rings is 1. The Morgan fingerprint density at radius 2 is 2.04 bits per heavy atom. The van der Waals surface area contributed by atoms with Gasteiger partial charge in [-0.25, -0.2) is 4.98 Å². The smallest absolute Gasteiger partial charge is 0.273 e. The molecule has 2 aromatic rings. The van der Waals surface area contributed by atoms with Gasteiger partial charge in [-0.3, -0.25) is 9.59 Å². The number of rotatable bonds is 3. The van der Waals surface area contributed by atoms with Crippen molar-refractivity contribution < 1.29 is 14.3 Å². The second-order valence-electron chi connectivity index (χ2n) is 5.78. The minimum atomic E-state index is -0.201. The Kier molecular flexibility index (Phi) is 4.92. The van der Waals surface area contributed by atoms with Gasteiger partial charge >= 0.3 is 0 Å². The van der Waals surface area contributed by atoms with E-state index in [1.54, 1.807) is 10.3 Å². The molecule has 0 unspecified atom stereocenters. The fourth-order valence-corrected chi connectivity index (χ4v) is 3.44. The number of aromatic nitrogens is 1. The van der Waals surface area contributed by atoms with Gasteiger partial charge in [-0.05, 0) is 12.5 Å². The van der Waals surface area contributed by atoms with Gasteiger partial charge in [-0.1, -0.05) is 30.3 Å². The Bertz CT molecular complexity index is 732. The zero-order chi connectivity index (χ0) is 17.1. The van der Waals surface area contributed by atoms with Crippen LogP contribution in [-0.2, 0) is 9.53 Å². The number of amides is 2. The Morgan fingerprint density at radius 3 is 2.75 bits per heavy atom. The lowest BCUT2D eigenvalue weighted by molar-refractivity contribution is -0.114. The molecule has 126 valence electrons. The van der Waals surface area contributed by atoms with E-state index >= 15 is 0 Å². The maximum absolute atomic E-state index is 12.7. The second-order valence-corrected chi connectivity index (χ2v) is 6.63. The standard InChI is InChI=1S/C17H19N3O3S/c1-11-8-20(9-15(23-11)13-6-4-3-5-7-13)16(22)14-10-24-17(19-14)18-12(2)21/h3-7,10-11,15H,8-9H2,1-2H3,(H,18,19,21)/t11-,15-/m1/s1. The van der Waals surface area contributed by atoms with Gasteiger partial charge in [-0.15, -0.1) is 11.3 Å². The number of thiazole rings is 1. The summed E-state index contributed by atoms with van der Waals surface area (Å²) in [6.07, 6.45) is -0.200. The van der Waals surface area contributed by atoms with Crippen molar-refractivity contribution in [1.82, 2.24) is 9.88 Å². The maximum atomic E-state index is 12.7. The quantitative estimate of drug-likeness (QED) is 0.928. The summed E-state index contributed by atoms with van der Waals surface area (Å²) >= 11 is 1.25. The van der Waals surface area contributed by atoms with Gasteiger partial charge < -0.3 is 15.0 Å². The lowest BCUT2D eigenvalue weighted by Gasteiger charge is -2.36. The van der Waals surface area contributed by atoms with E-state index in [1.807, 2.05) is 37.3 Å². The molecule has 1 saturated heterocycles. The Labute approximate surface area is 144 Å². The Balaban J connectivity index is 1.74. The molecule has 1 aromatic heterocycles. The highest BCUT2D eigenvalue weighted by Crippen LogP contribution is 2.26. The first-order chi connectivity index (χ1) is 11.5. The van der Waals surface area contributed by atoms with Gasteiger partial charge in [0.15, 0.2) is 5.13 Å². The zero-order valence-corrected chi connectivity index (χ0v) is 14.4. The summed E-state index contributed by atoms with van der Waals surface area (Å²) in [5.41, 5.74) is 1.41. The highest BCUT2D eigenvalue weighted by Gasteiger charge is 2.30. The molecule has 2 amide bonds. The summed E-state index contributed by atoms with van der Waals surface area (Å²) in [6, 6.07) is 9.89. The monoisotopic (exact) mass is 345 g/mol. The van der Waals surface area contributed by atoms with Crippen LogP contribution in [0.4, 0.5) is 5.13 Å². The number of morpholine rings is 1. The molecule has 7 heteroatoms. The van der Waals surface area contributed by atoms with Gasteiger partial charge in [-0.2, -0.15) is 0 Å². The fourth-order valence-electron chi connectivity index (χ4n) is 2.71. The van der Waals surface area contributed by atoms with Crippen molar-refractivity contribution in [3.05, 3.63) is 47.0 Å². The first-order valence-corrected chi connectivity index (χ1v) is 8.63. The number of carbonyl (C=O) groups excluding carboxylic acids is 2. The van der Waals surface area contributed by atoms with E-state index < -0.39 is 0 Å². The molecule has 2 heterocycles. The molecule has 2 atom stereocenters. The molecular weight excluding hydrogens is 326 g/mol. The first kappa shape index (κ1) is 16.6. The van der Waals surface area contributed by atoms with Crippen molar-refractivity contribution >= 4 is 28.3 Å². The van der Waals surface area contributed by atoms with Crippen LogP contribution in [0.2, 0.25) is 0 Å². The van der Waals surface area contributed by atoms with Crippen LogP contribution in [-0.4, -0.2) is 40.9 Å². The average molecular weight is 345 g/mol. The van der Waals surface area contributed by atoms with Crippen LogP contribution in [0.1, 0.15) is 36.0 Å². The van der Waals surface area contributed by atoms with Crippen LogP contribution in [0.25, 0.3) is 0 Å². The lowest BCUT2D eigenvalue weighted by atomic mass is 10.1. The minimum absolute atomic E-state index is 0.0543. The molecule has 3 rings (SSSR count). The molecule has 0 bridgehead atoms. The van der Waals surface area contributed by atoms with Gasteiger partial charge in [0, 0.05) is 18.8 Å². The second kappa shape index (κ2) is 7.11. The maximum Gasteiger partial charge on any atom is 0.273 e. The first-order valence-electron chi connectivity index (χ1n) is 7.75. The SMILES string of the molecule is CC(=O)Nc1nc(C(=O)N2C[C@@H](C)O[C@@H](c3ccccc3)C2)cs1. The summed E-state index contributed by atoms with van der Waals surface area (Å²) in [6.45, 7) is 4.38. The van der Waals surface area contributed by atoms with Crippen molar-refractivity contribution in [3.8, 4) is 0 Å². The van der Waals surface area contributed by atoms with E-state index in [0.717, 1.165) is 5.56 Å². The van der Waals surface area contributed by atoms with Crippen LogP contribution >= 0.6 is 11.3 Å². The number of hydrogen-bond donors (Lipinski definition) is 1. The molecule has 24 heavy (non-hydrogen) atoms. The van der Waals surface area contributed by atoms with E-state index in [2.05, 4.69) is 10.3 Å². The van der Waals surface area contributed by atoms with Gasteiger partial charge in [0.1, 0.15) is 11.8 Å². The summed E-state index contributed by atoms with van der Waals surface area (Å²) < 4.78 is 5.98. The highest BCUT2D eigenvalue weighted by atomic mass is 32.1. The van der Waals surface area contributed by atoms with Crippen molar-refractivity contribution in [2.45, 2.75) is 26.1 Å². The lowest BCUT2D eigenvalue weighted by Crippen LogP contribution is -2.46. The molecule has 1 aromatic carbocycles. The third-order valence-electron chi connectivity index (χ3n) is 3.73. The van der Waals surface area contributed by atoms with Gasteiger partial charge in [0.2, 0.25) is 5.91 Å². The molecule has 1 aliphatic rings. The number of nitrogens with zero attached hydrogens (tertiary/aromatic N) is 2. The molecule has 0 aliphatic carbocycles. The van der Waals surface area contributed by atoms with Crippen LogP contribution < -0.4 is 5.32 Å². The van der Waals surface area contributed by atoms with Crippen molar-refractivity contribution in [1.29, 1.82) is 0 Å². The zero-order valence-electron chi connectivity index (χ0n) is 13.6. The molecule has 1 N–H and O–H groups in total.